The van der Waals surface area contributed by atoms with Crippen LogP contribution in [0.4, 0.5) is 0 Å². The highest BCUT2D eigenvalue weighted by atomic mass is 32.2. The lowest BCUT2D eigenvalue weighted by molar-refractivity contribution is 0.426. The molecule has 0 saturated carbocycles. The van der Waals surface area contributed by atoms with Crippen molar-refractivity contribution in [3.63, 3.8) is 0 Å². The normalized spacial score (nSPS) is 7.50. The van der Waals surface area contributed by atoms with Gasteiger partial charge in [0.25, 0.3) is 0 Å². The molecule has 44 valence electrons. The van der Waals surface area contributed by atoms with Crippen LogP contribution >= 0.6 is 24.0 Å². The summed E-state index contributed by atoms with van der Waals surface area (Å²) in [7, 11) is 1.53. The highest BCUT2D eigenvalue weighted by Crippen LogP contribution is 2.01. The first kappa shape index (κ1) is 7.80. The second-order valence-corrected chi connectivity index (χ2v) is 2.52. The van der Waals surface area contributed by atoms with Crippen molar-refractivity contribution in [2.75, 3.05) is 12.9 Å². The Labute approximate surface area is 58.8 Å². The maximum Gasteiger partial charge on any atom is 0.220 e. The molecule has 0 spiro atoms. The van der Waals surface area contributed by atoms with Crippen LogP contribution in [0.5, 0.6) is 0 Å². The Morgan fingerprint density at radius 3 is 3.00 bits per heavy atom. The lowest BCUT2D eigenvalue weighted by atomic mass is 10.8. The quantitative estimate of drug-likeness (QED) is 0.407. The number of thioether (sulfide) groups is 1. The third-order valence-corrected chi connectivity index (χ3v) is 1.67. The Kier molecular flexibility index (Phi) is 4.82. The van der Waals surface area contributed by atoms with Gasteiger partial charge in [-0.3, -0.25) is 0 Å². The number of thiocarbonyl (C=S) groups is 1. The van der Waals surface area contributed by atoms with Crippen molar-refractivity contribution in [3.05, 3.63) is 0 Å². The van der Waals surface area contributed by atoms with Crippen LogP contribution < -0.4 is 0 Å². The van der Waals surface area contributed by atoms with Gasteiger partial charge in [-0.1, -0.05) is 17.7 Å². The monoisotopic (exact) mass is 146 g/mol. The average Bonchev–Trinajstić information content (AvgIpc) is 1.83. The van der Waals surface area contributed by atoms with E-state index in [1.807, 2.05) is 0 Å². The first-order valence-electron chi connectivity index (χ1n) is 1.95. The summed E-state index contributed by atoms with van der Waals surface area (Å²) in [6, 6.07) is 0. The fraction of sp³-hybridized carbons (Fsp3) is 0.400. The number of terminal acetylenes is 1. The van der Waals surface area contributed by atoms with Gasteiger partial charge in [0.2, 0.25) is 4.38 Å². The Balaban J connectivity index is 3.15. The summed E-state index contributed by atoms with van der Waals surface area (Å²) in [5.41, 5.74) is 0. The molecule has 0 amide bonds. The van der Waals surface area contributed by atoms with Gasteiger partial charge in [0.15, 0.2) is 0 Å². The van der Waals surface area contributed by atoms with Crippen molar-refractivity contribution >= 4 is 28.4 Å². The molecule has 0 atom stereocenters. The molecule has 0 bridgehead atoms. The minimum atomic E-state index is 0.503. The molecule has 3 heteroatoms. The molecule has 0 aliphatic heterocycles. The average molecular weight is 146 g/mol. The maximum absolute atomic E-state index is 4.95. The SMILES string of the molecule is C#CCSC(=S)OC. The van der Waals surface area contributed by atoms with Crippen LogP contribution in [0, 0.1) is 12.3 Å². The number of methoxy groups -OCH3 is 1. The second kappa shape index (κ2) is 4.95. The molecule has 0 aliphatic carbocycles. The largest absolute Gasteiger partial charge is 0.482 e. The van der Waals surface area contributed by atoms with E-state index in [0.717, 1.165) is 0 Å². The highest BCUT2D eigenvalue weighted by molar-refractivity contribution is 8.22. The van der Waals surface area contributed by atoms with Gasteiger partial charge in [0.05, 0.1) is 12.9 Å². The Morgan fingerprint density at radius 2 is 2.62 bits per heavy atom. The fourth-order valence-corrected chi connectivity index (χ4v) is 0.655. The number of ether oxygens (including phenoxy) is 1. The standard InChI is InChI=1S/C5H6OS2/c1-3-4-8-5(7)6-2/h1H,4H2,2H3. The lowest BCUT2D eigenvalue weighted by Gasteiger charge is -1.94. The van der Waals surface area contributed by atoms with E-state index in [4.69, 9.17) is 6.42 Å². The minimum absolute atomic E-state index is 0.503. The third kappa shape index (κ3) is 3.97. The van der Waals surface area contributed by atoms with Crippen LogP contribution in [-0.4, -0.2) is 17.2 Å². The molecule has 0 fully saturated rings. The summed E-state index contributed by atoms with van der Waals surface area (Å²) in [5.74, 6) is 3.02. The van der Waals surface area contributed by atoms with Gasteiger partial charge in [-0.2, -0.15) is 0 Å². The van der Waals surface area contributed by atoms with E-state index in [1.165, 1.54) is 18.9 Å². The summed E-state index contributed by atoms with van der Waals surface area (Å²) in [4.78, 5) is 0. The number of hydrogen-bond acceptors (Lipinski definition) is 3. The van der Waals surface area contributed by atoms with Gasteiger partial charge in [-0.05, 0) is 12.2 Å². The molecule has 0 heterocycles. The van der Waals surface area contributed by atoms with Gasteiger partial charge in [-0.15, -0.1) is 6.42 Å². The van der Waals surface area contributed by atoms with Crippen molar-refractivity contribution in [3.8, 4) is 12.3 Å². The summed E-state index contributed by atoms with van der Waals surface area (Å²) in [5, 5.41) is 0. The van der Waals surface area contributed by atoms with E-state index in [1.54, 1.807) is 0 Å². The van der Waals surface area contributed by atoms with Crippen LogP contribution in [0.15, 0.2) is 0 Å². The molecule has 0 aromatic carbocycles. The van der Waals surface area contributed by atoms with E-state index in [2.05, 4.69) is 22.9 Å². The van der Waals surface area contributed by atoms with Gasteiger partial charge in [-0.25, -0.2) is 0 Å². The molecule has 0 saturated heterocycles. The number of rotatable bonds is 1. The fourth-order valence-electron chi connectivity index (χ4n) is 0.160. The van der Waals surface area contributed by atoms with Crippen LogP contribution in [0.2, 0.25) is 0 Å². The van der Waals surface area contributed by atoms with E-state index < -0.39 is 0 Å². The van der Waals surface area contributed by atoms with Crippen LogP contribution in [0.1, 0.15) is 0 Å². The third-order valence-electron chi connectivity index (χ3n) is 0.440. The van der Waals surface area contributed by atoms with Gasteiger partial charge in [0, 0.05) is 0 Å². The molecule has 0 unspecified atom stereocenters. The highest BCUT2D eigenvalue weighted by Gasteiger charge is 1.89. The predicted octanol–water partition coefficient (Wildman–Crippen LogP) is 1.28. The van der Waals surface area contributed by atoms with Crippen molar-refractivity contribution in [1.82, 2.24) is 0 Å². The van der Waals surface area contributed by atoms with Gasteiger partial charge < -0.3 is 4.74 Å². The molecule has 0 rings (SSSR count). The van der Waals surface area contributed by atoms with Crippen LogP contribution in [0.3, 0.4) is 0 Å². The number of hydrogen-bond donors (Lipinski definition) is 0. The summed E-state index contributed by atoms with van der Waals surface area (Å²) in [6.45, 7) is 0. The van der Waals surface area contributed by atoms with E-state index >= 15 is 0 Å². The van der Waals surface area contributed by atoms with E-state index in [-0.39, 0.29) is 0 Å². The predicted molar refractivity (Wildman–Crippen MR) is 40.9 cm³/mol. The molecular formula is C5H6OS2. The first-order valence-corrected chi connectivity index (χ1v) is 3.35. The molecule has 0 aromatic heterocycles. The Hall–Kier alpha value is -0.200. The van der Waals surface area contributed by atoms with Gasteiger partial charge in [0.1, 0.15) is 0 Å². The smallest absolute Gasteiger partial charge is 0.220 e. The van der Waals surface area contributed by atoms with Crippen LogP contribution in [-0.2, 0) is 4.74 Å². The Bertz CT molecular complexity index is 114. The molecule has 0 aromatic rings. The van der Waals surface area contributed by atoms with Crippen molar-refractivity contribution in [1.29, 1.82) is 0 Å². The van der Waals surface area contributed by atoms with E-state index in [0.29, 0.717) is 10.1 Å². The molecule has 0 N–H and O–H groups in total. The zero-order chi connectivity index (χ0) is 6.41. The van der Waals surface area contributed by atoms with Crippen LogP contribution in [0.25, 0.3) is 0 Å². The topological polar surface area (TPSA) is 9.23 Å². The molecular weight excluding hydrogens is 140 g/mol. The van der Waals surface area contributed by atoms with Crippen molar-refractivity contribution in [2.24, 2.45) is 0 Å². The van der Waals surface area contributed by atoms with Gasteiger partial charge >= 0.3 is 0 Å². The molecule has 8 heavy (non-hydrogen) atoms. The summed E-state index contributed by atoms with van der Waals surface area (Å²) < 4.78 is 5.15. The van der Waals surface area contributed by atoms with E-state index in [9.17, 15) is 0 Å². The zero-order valence-electron chi connectivity index (χ0n) is 4.51. The molecule has 0 aliphatic rings. The zero-order valence-corrected chi connectivity index (χ0v) is 6.14. The Morgan fingerprint density at radius 1 is 2.00 bits per heavy atom. The second-order valence-electron chi connectivity index (χ2n) is 0.947. The van der Waals surface area contributed by atoms with Crippen molar-refractivity contribution in [2.45, 2.75) is 0 Å². The summed E-state index contributed by atoms with van der Waals surface area (Å²) in [6.07, 6.45) is 4.95. The molecule has 1 nitrogen and oxygen atoms in total. The van der Waals surface area contributed by atoms with Crippen molar-refractivity contribution < 1.29 is 4.74 Å². The molecule has 0 radical (unpaired) electrons. The maximum atomic E-state index is 4.95. The lowest BCUT2D eigenvalue weighted by Crippen LogP contribution is -1.89. The first-order chi connectivity index (χ1) is 3.81. The minimum Gasteiger partial charge on any atom is -0.482 e. The summed E-state index contributed by atoms with van der Waals surface area (Å²) >= 11 is 6.02.